The second-order valence-electron chi connectivity index (χ2n) is 6.95. The quantitative estimate of drug-likeness (QED) is 0.649. The summed E-state index contributed by atoms with van der Waals surface area (Å²) >= 11 is 1.69. The van der Waals surface area contributed by atoms with Crippen molar-refractivity contribution in [1.29, 1.82) is 0 Å². The van der Waals surface area contributed by atoms with Gasteiger partial charge in [0.2, 0.25) is 5.91 Å². The number of nitrogens with zero attached hydrogens (tertiary/aromatic N) is 2. The van der Waals surface area contributed by atoms with E-state index in [1.807, 2.05) is 16.8 Å². The van der Waals surface area contributed by atoms with Crippen molar-refractivity contribution < 1.29 is 9.53 Å². The van der Waals surface area contributed by atoms with Crippen LogP contribution in [-0.2, 0) is 11.3 Å². The maximum atomic E-state index is 11.3. The van der Waals surface area contributed by atoms with Gasteiger partial charge in [0, 0.05) is 29.1 Å². The van der Waals surface area contributed by atoms with Crippen LogP contribution in [0.5, 0.6) is 5.75 Å². The third kappa shape index (κ3) is 3.78. The Morgan fingerprint density at radius 3 is 2.50 bits per heavy atom. The van der Waals surface area contributed by atoms with E-state index in [0.29, 0.717) is 0 Å². The van der Waals surface area contributed by atoms with Crippen LogP contribution in [-0.4, -0.2) is 22.8 Å². The number of hydrogen-bond donors (Lipinski definition) is 1. The van der Waals surface area contributed by atoms with E-state index in [1.54, 1.807) is 18.9 Å². The van der Waals surface area contributed by atoms with Gasteiger partial charge < -0.3 is 10.5 Å². The van der Waals surface area contributed by atoms with Crippen LogP contribution in [0.1, 0.15) is 24.8 Å². The number of rotatable bonds is 7. The van der Waals surface area contributed by atoms with Crippen molar-refractivity contribution in [1.82, 2.24) is 9.78 Å². The number of ether oxygens (including phenoxy) is 1. The average Bonchev–Trinajstić information content (AvgIpc) is 3.43. The maximum Gasteiger partial charge on any atom is 0.221 e. The first-order valence-electron chi connectivity index (χ1n) is 9.38. The Bertz CT molecular complexity index is 980. The molecule has 144 valence electrons. The molecule has 2 unspecified atom stereocenters. The van der Waals surface area contributed by atoms with E-state index in [4.69, 9.17) is 15.6 Å². The molecule has 1 aromatic heterocycles. The molecule has 0 bridgehead atoms. The second-order valence-corrected chi connectivity index (χ2v) is 8.06. The van der Waals surface area contributed by atoms with Crippen molar-refractivity contribution in [3.8, 4) is 17.0 Å². The highest BCUT2D eigenvalue weighted by Crippen LogP contribution is 2.47. The lowest BCUT2D eigenvalue weighted by Crippen LogP contribution is -2.13. The van der Waals surface area contributed by atoms with Crippen molar-refractivity contribution in [2.75, 3.05) is 7.11 Å². The number of carbonyl (C=O) groups is 1. The SMILES string of the molecule is CCn1cc(Sc2ccc(OC)cc2)c(-c2ccc(C3CC3C(N)=O)cc2)n1. The lowest BCUT2D eigenvalue weighted by Gasteiger charge is -2.05. The molecule has 0 spiro atoms. The summed E-state index contributed by atoms with van der Waals surface area (Å²) in [5.74, 6) is 0.909. The largest absolute Gasteiger partial charge is 0.497 e. The Morgan fingerprint density at radius 1 is 1.21 bits per heavy atom. The summed E-state index contributed by atoms with van der Waals surface area (Å²) in [5.41, 5.74) is 8.63. The number of benzene rings is 2. The Hall–Kier alpha value is -2.73. The summed E-state index contributed by atoms with van der Waals surface area (Å²) in [6.45, 7) is 2.90. The molecular formula is C22H23N3O2S. The molecule has 6 heteroatoms. The summed E-state index contributed by atoms with van der Waals surface area (Å²) in [4.78, 5) is 13.6. The molecule has 0 saturated heterocycles. The molecule has 1 saturated carbocycles. The van der Waals surface area contributed by atoms with E-state index in [0.717, 1.165) is 39.8 Å². The molecule has 1 heterocycles. The lowest BCUT2D eigenvalue weighted by molar-refractivity contribution is -0.119. The number of aryl methyl sites for hydroxylation is 1. The summed E-state index contributed by atoms with van der Waals surface area (Å²) < 4.78 is 7.19. The summed E-state index contributed by atoms with van der Waals surface area (Å²) in [6.07, 6.45) is 2.94. The minimum Gasteiger partial charge on any atom is -0.497 e. The molecule has 1 aliphatic carbocycles. The third-order valence-corrected chi connectivity index (χ3v) is 6.13. The van der Waals surface area contributed by atoms with E-state index in [-0.39, 0.29) is 17.7 Å². The lowest BCUT2D eigenvalue weighted by atomic mass is 10.0. The molecular weight excluding hydrogens is 370 g/mol. The van der Waals surface area contributed by atoms with Crippen LogP contribution in [0.15, 0.2) is 64.5 Å². The number of hydrogen-bond acceptors (Lipinski definition) is 4. The zero-order valence-corrected chi connectivity index (χ0v) is 16.8. The summed E-state index contributed by atoms with van der Waals surface area (Å²) in [7, 11) is 1.67. The summed E-state index contributed by atoms with van der Waals surface area (Å²) in [5, 5.41) is 4.76. The van der Waals surface area contributed by atoms with Crippen LogP contribution in [0, 0.1) is 5.92 Å². The molecule has 3 aromatic rings. The highest BCUT2D eigenvalue weighted by Gasteiger charge is 2.42. The number of nitrogens with two attached hydrogens (primary N) is 1. The van der Waals surface area contributed by atoms with Crippen LogP contribution in [0.4, 0.5) is 0 Å². The number of aromatic nitrogens is 2. The van der Waals surface area contributed by atoms with Crippen molar-refractivity contribution in [3.05, 3.63) is 60.3 Å². The van der Waals surface area contributed by atoms with Gasteiger partial charge >= 0.3 is 0 Å². The van der Waals surface area contributed by atoms with Crippen molar-refractivity contribution in [2.24, 2.45) is 11.7 Å². The van der Waals surface area contributed by atoms with Gasteiger partial charge in [0.25, 0.3) is 0 Å². The van der Waals surface area contributed by atoms with Gasteiger partial charge in [-0.15, -0.1) is 0 Å². The molecule has 2 atom stereocenters. The molecule has 1 amide bonds. The van der Waals surface area contributed by atoms with Crippen LogP contribution < -0.4 is 10.5 Å². The van der Waals surface area contributed by atoms with Crippen molar-refractivity contribution >= 4 is 17.7 Å². The van der Waals surface area contributed by atoms with Gasteiger partial charge in [0.1, 0.15) is 11.4 Å². The van der Waals surface area contributed by atoms with E-state index in [1.165, 1.54) is 5.56 Å². The normalized spacial score (nSPS) is 18.1. The maximum absolute atomic E-state index is 11.3. The fourth-order valence-electron chi connectivity index (χ4n) is 3.38. The minimum atomic E-state index is -0.200. The van der Waals surface area contributed by atoms with Crippen LogP contribution in [0.3, 0.4) is 0 Å². The number of amides is 1. The van der Waals surface area contributed by atoms with E-state index in [2.05, 4.69) is 49.5 Å². The van der Waals surface area contributed by atoms with E-state index >= 15 is 0 Å². The second kappa shape index (κ2) is 7.72. The zero-order valence-electron chi connectivity index (χ0n) is 16.0. The third-order valence-electron chi connectivity index (χ3n) is 5.11. The molecule has 1 aliphatic rings. The molecule has 2 aromatic carbocycles. The standard InChI is InChI=1S/C22H23N3O2S/c1-3-25-13-20(28-17-10-8-16(27-2)9-11-17)21(24-25)15-6-4-14(5-7-15)18-12-19(18)22(23)26/h4-11,13,18-19H,3,12H2,1-2H3,(H2,23,26). The monoisotopic (exact) mass is 393 g/mol. The van der Waals surface area contributed by atoms with Gasteiger partial charge in [-0.25, -0.2) is 0 Å². The highest BCUT2D eigenvalue weighted by atomic mass is 32.2. The fraction of sp³-hybridized carbons (Fsp3) is 0.273. The molecule has 0 radical (unpaired) electrons. The van der Waals surface area contributed by atoms with Gasteiger partial charge in [-0.1, -0.05) is 36.0 Å². The average molecular weight is 394 g/mol. The smallest absolute Gasteiger partial charge is 0.221 e. The first-order valence-corrected chi connectivity index (χ1v) is 10.2. The Kier molecular flexibility index (Phi) is 5.13. The van der Waals surface area contributed by atoms with Crippen molar-refractivity contribution in [2.45, 2.75) is 35.6 Å². The molecule has 5 nitrogen and oxygen atoms in total. The molecule has 0 aliphatic heterocycles. The predicted molar refractivity (Wildman–Crippen MR) is 110 cm³/mol. The first kappa shape index (κ1) is 18.6. The Labute approximate surface area is 168 Å². The number of carbonyl (C=O) groups excluding carboxylic acids is 1. The Balaban J connectivity index is 1.58. The fourth-order valence-corrected chi connectivity index (χ4v) is 4.33. The van der Waals surface area contributed by atoms with Gasteiger partial charge in [0.15, 0.2) is 0 Å². The minimum absolute atomic E-state index is 0.00802. The topological polar surface area (TPSA) is 70.1 Å². The van der Waals surface area contributed by atoms with Gasteiger partial charge in [-0.05, 0) is 49.1 Å². The van der Waals surface area contributed by atoms with Crippen LogP contribution in [0.2, 0.25) is 0 Å². The summed E-state index contributed by atoms with van der Waals surface area (Å²) in [6, 6.07) is 16.4. The van der Waals surface area contributed by atoms with Gasteiger partial charge in [0.05, 0.1) is 12.0 Å². The predicted octanol–water partition coefficient (Wildman–Crippen LogP) is 4.32. The number of primary amides is 1. The first-order chi connectivity index (χ1) is 13.6. The highest BCUT2D eigenvalue weighted by molar-refractivity contribution is 7.99. The van der Waals surface area contributed by atoms with Crippen LogP contribution in [0.25, 0.3) is 11.3 Å². The van der Waals surface area contributed by atoms with Gasteiger partial charge in [-0.3, -0.25) is 9.48 Å². The Morgan fingerprint density at radius 2 is 1.93 bits per heavy atom. The van der Waals surface area contributed by atoms with Gasteiger partial charge in [-0.2, -0.15) is 5.10 Å². The molecule has 28 heavy (non-hydrogen) atoms. The molecule has 2 N–H and O–H groups in total. The zero-order chi connectivity index (χ0) is 19.7. The molecule has 1 fully saturated rings. The van der Waals surface area contributed by atoms with Crippen molar-refractivity contribution in [3.63, 3.8) is 0 Å². The van der Waals surface area contributed by atoms with Crippen LogP contribution >= 0.6 is 11.8 Å². The van der Waals surface area contributed by atoms with E-state index in [9.17, 15) is 4.79 Å². The molecule has 4 rings (SSSR count). The number of methoxy groups -OCH3 is 1. The van der Waals surface area contributed by atoms with E-state index < -0.39 is 0 Å².